The van der Waals surface area contributed by atoms with Crippen LogP contribution in [-0.4, -0.2) is 27.9 Å². The van der Waals surface area contributed by atoms with E-state index in [1.165, 1.54) is 11.1 Å². The van der Waals surface area contributed by atoms with Gasteiger partial charge in [-0.25, -0.2) is 4.79 Å². The number of benzene rings is 3. The topological polar surface area (TPSA) is 81.1 Å². The Balaban J connectivity index is 1.50. The third-order valence-electron chi connectivity index (χ3n) is 4.94. The summed E-state index contributed by atoms with van der Waals surface area (Å²) >= 11 is 1.61. The number of carbonyl (C=O) groups excluding carboxylic acids is 1. The molecule has 0 fully saturated rings. The van der Waals surface area contributed by atoms with Crippen LogP contribution in [0.5, 0.6) is 5.75 Å². The van der Waals surface area contributed by atoms with Gasteiger partial charge in [-0.3, -0.25) is 4.57 Å². The fourth-order valence-electron chi connectivity index (χ4n) is 3.22. The van der Waals surface area contributed by atoms with Crippen molar-refractivity contribution in [1.82, 2.24) is 20.1 Å². The van der Waals surface area contributed by atoms with Gasteiger partial charge in [-0.1, -0.05) is 65.9 Å². The fraction of sp³-hybridized carbons (Fsp3) is 0.160. The quantitative estimate of drug-likeness (QED) is 0.354. The first kappa shape index (κ1) is 22.4. The number of carbonyl (C=O) groups is 1. The molecule has 7 nitrogen and oxygen atoms in total. The van der Waals surface area contributed by atoms with E-state index in [0.717, 1.165) is 16.6 Å². The van der Waals surface area contributed by atoms with E-state index in [-0.39, 0.29) is 12.6 Å². The molecule has 0 unspecified atom stereocenters. The molecular formula is C25H25N5O2S. The van der Waals surface area contributed by atoms with E-state index >= 15 is 0 Å². The third kappa shape index (κ3) is 5.93. The van der Waals surface area contributed by atoms with Crippen LogP contribution in [0.15, 0.2) is 84.0 Å². The Hall–Kier alpha value is -3.78. The van der Waals surface area contributed by atoms with Crippen molar-refractivity contribution in [1.29, 1.82) is 0 Å². The molecule has 0 aliphatic carbocycles. The second kappa shape index (κ2) is 10.7. The van der Waals surface area contributed by atoms with Crippen LogP contribution in [0, 0.1) is 6.92 Å². The molecule has 1 heterocycles. The van der Waals surface area contributed by atoms with E-state index in [1.807, 2.05) is 66.1 Å². The number of aryl methyl sites for hydroxylation is 1. The standard InChI is InChI=1S/C25H25N5O2S/c1-18-11-13-21(14-12-18)30-23(28-29-25(30)33-17-19-7-4-3-5-8-19)16-26-24(31)27-20-9-6-10-22(15-20)32-2/h3-15H,16-17H2,1-2H3,(H2,26,27,31). The van der Waals surface area contributed by atoms with Crippen LogP contribution < -0.4 is 15.4 Å². The van der Waals surface area contributed by atoms with Crippen molar-refractivity contribution in [3.63, 3.8) is 0 Å². The molecular weight excluding hydrogens is 434 g/mol. The number of rotatable bonds is 8. The number of thioether (sulfide) groups is 1. The van der Waals surface area contributed by atoms with E-state index < -0.39 is 0 Å². The molecule has 8 heteroatoms. The number of nitrogens with one attached hydrogen (secondary N) is 2. The van der Waals surface area contributed by atoms with Gasteiger partial charge in [0, 0.05) is 23.2 Å². The first-order chi connectivity index (χ1) is 16.1. The molecule has 33 heavy (non-hydrogen) atoms. The maximum Gasteiger partial charge on any atom is 0.319 e. The lowest BCUT2D eigenvalue weighted by molar-refractivity contribution is 0.251. The van der Waals surface area contributed by atoms with Crippen molar-refractivity contribution in [2.75, 3.05) is 12.4 Å². The van der Waals surface area contributed by atoms with Crippen LogP contribution >= 0.6 is 11.8 Å². The maximum absolute atomic E-state index is 12.5. The normalized spacial score (nSPS) is 10.6. The van der Waals surface area contributed by atoms with Gasteiger partial charge in [0.15, 0.2) is 11.0 Å². The Morgan fingerprint density at radius 2 is 1.79 bits per heavy atom. The molecule has 2 amide bonds. The second-order valence-corrected chi connectivity index (χ2v) is 8.33. The molecule has 2 N–H and O–H groups in total. The predicted molar refractivity (Wildman–Crippen MR) is 131 cm³/mol. The van der Waals surface area contributed by atoms with E-state index in [0.29, 0.717) is 17.3 Å². The lowest BCUT2D eigenvalue weighted by Crippen LogP contribution is -2.29. The van der Waals surface area contributed by atoms with Crippen molar-refractivity contribution in [3.8, 4) is 11.4 Å². The van der Waals surface area contributed by atoms with Crippen LogP contribution in [0.2, 0.25) is 0 Å². The zero-order chi connectivity index (χ0) is 23.0. The molecule has 0 aliphatic heterocycles. The molecule has 0 saturated carbocycles. The zero-order valence-electron chi connectivity index (χ0n) is 18.5. The van der Waals surface area contributed by atoms with Crippen LogP contribution in [0.1, 0.15) is 17.0 Å². The van der Waals surface area contributed by atoms with Gasteiger partial charge in [-0.15, -0.1) is 10.2 Å². The SMILES string of the molecule is COc1cccc(NC(=O)NCc2nnc(SCc3ccccc3)n2-c2ccc(C)cc2)c1. The number of urea groups is 1. The second-order valence-electron chi connectivity index (χ2n) is 7.38. The molecule has 3 aromatic carbocycles. The number of methoxy groups -OCH3 is 1. The average molecular weight is 460 g/mol. The smallest absolute Gasteiger partial charge is 0.319 e. The summed E-state index contributed by atoms with van der Waals surface area (Å²) in [5.41, 5.74) is 3.97. The third-order valence-corrected chi connectivity index (χ3v) is 5.94. The monoisotopic (exact) mass is 459 g/mol. The Bertz CT molecular complexity index is 1210. The van der Waals surface area contributed by atoms with Crippen LogP contribution in [0.25, 0.3) is 5.69 Å². The number of aromatic nitrogens is 3. The molecule has 0 spiro atoms. The van der Waals surface area contributed by atoms with E-state index in [9.17, 15) is 4.79 Å². The van der Waals surface area contributed by atoms with Gasteiger partial charge >= 0.3 is 6.03 Å². The molecule has 0 atom stereocenters. The summed E-state index contributed by atoms with van der Waals surface area (Å²) in [5.74, 6) is 2.09. The summed E-state index contributed by atoms with van der Waals surface area (Å²) in [7, 11) is 1.59. The highest BCUT2D eigenvalue weighted by molar-refractivity contribution is 7.98. The molecule has 4 rings (SSSR count). The summed E-state index contributed by atoms with van der Waals surface area (Å²) < 4.78 is 7.19. The summed E-state index contributed by atoms with van der Waals surface area (Å²) in [6, 6.07) is 25.3. The van der Waals surface area contributed by atoms with Crippen molar-refractivity contribution < 1.29 is 9.53 Å². The highest BCUT2D eigenvalue weighted by Gasteiger charge is 2.16. The van der Waals surface area contributed by atoms with Gasteiger partial charge in [-0.05, 0) is 36.8 Å². The number of ether oxygens (including phenoxy) is 1. The lowest BCUT2D eigenvalue weighted by Gasteiger charge is -2.12. The van der Waals surface area contributed by atoms with Crippen LogP contribution in [0.3, 0.4) is 0 Å². The molecule has 0 bridgehead atoms. The van der Waals surface area contributed by atoms with E-state index in [1.54, 1.807) is 31.0 Å². The summed E-state index contributed by atoms with van der Waals surface area (Å²) in [4.78, 5) is 12.5. The lowest BCUT2D eigenvalue weighted by atomic mass is 10.2. The molecule has 4 aromatic rings. The highest BCUT2D eigenvalue weighted by Crippen LogP contribution is 2.25. The zero-order valence-corrected chi connectivity index (χ0v) is 19.3. The minimum absolute atomic E-state index is 0.225. The van der Waals surface area contributed by atoms with Crippen LogP contribution in [0.4, 0.5) is 10.5 Å². The number of hydrogen-bond donors (Lipinski definition) is 2. The van der Waals surface area contributed by atoms with Crippen LogP contribution in [-0.2, 0) is 12.3 Å². The minimum Gasteiger partial charge on any atom is -0.497 e. The van der Waals surface area contributed by atoms with Crippen molar-refractivity contribution in [2.24, 2.45) is 0 Å². The Kier molecular flexibility index (Phi) is 7.26. The largest absolute Gasteiger partial charge is 0.497 e. The van der Waals surface area contributed by atoms with Gasteiger partial charge in [0.2, 0.25) is 0 Å². The minimum atomic E-state index is -0.333. The molecule has 168 valence electrons. The molecule has 0 saturated heterocycles. The van der Waals surface area contributed by atoms with Crippen molar-refractivity contribution >= 4 is 23.5 Å². The first-order valence-electron chi connectivity index (χ1n) is 10.5. The predicted octanol–water partition coefficient (Wildman–Crippen LogP) is 5.20. The van der Waals surface area contributed by atoms with Gasteiger partial charge in [-0.2, -0.15) is 0 Å². The molecule has 1 aromatic heterocycles. The highest BCUT2D eigenvalue weighted by atomic mass is 32.2. The summed E-state index contributed by atoms with van der Waals surface area (Å²) in [6.07, 6.45) is 0. The van der Waals surface area contributed by atoms with E-state index in [4.69, 9.17) is 4.74 Å². The van der Waals surface area contributed by atoms with Crippen molar-refractivity contribution in [2.45, 2.75) is 24.4 Å². The van der Waals surface area contributed by atoms with Gasteiger partial charge in [0.05, 0.1) is 13.7 Å². The number of hydrogen-bond acceptors (Lipinski definition) is 5. The Labute approximate surface area is 197 Å². The van der Waals surface area contributed by atoms with Gasteiger partial charge < -0.3 is 15.4 Å². The van der Waals surface area contributed by atoms with Gasteiger partial charge in [0.1, 0.15) is 5.75 Å². The Morgan fingerprint density at radius 3 is 2.55 bits per heavy atom. The first-order valence-corrected chi connectivity index (χ1v) is 11.5. The van der Waals surface area contributed by atoms with Gasteiger partial charge in [0.25, 0.3) is 0 Å². The molecule has 0 radical (unpaired) electrons. The van der Waals surface area contributed by atoms with Crippen molar-refractivity contribution in [3.05, 3.63) is 95.8 Å². The summed E-state index contributed by atoms with van der Waals surface area (Å²) in [6.45, 7) is 2.27. The molecule has 0 aliphatic rings. The maximum atomic E-state index is 12.5. The number of anilines is 1. The Morgan fingerprint density at radius 1 is 1.00 bits per heavy atom. The fourth-order valence-corrected chi connectivity index (χ4v) is 4.15. The number of amides is 2. The number of nitrogens with zero attached hydrogens (tertiary/aromatic N) is 3. The van der Waals surface area contributed by atoms with E-state index in [2.05, 4.69) is 33.0 Å². The summed E-state index contributed by atoms with van der Waals surface area (Å²) in [5, 5.41) is 15.2. The average Bonchev–Trinajstić information content (AvgIpc) is 3.25.